The number of Topliss-reactive ketones (excluding diaryl/α,β-unsaturated/α-hetero) is 1. The van der Waals surface area contributed by atoms with Crippen molar-refractivity contribution in [2.24, 2.45) is 5.92 Å². The minimum absolute atomic E-state index is 0.0689. The summed E-state index contributed by atoms with van der Waals surface area (Å²) in [5.74, 6) is -2.47. The number of hydrogen-bond acceptors (Lipinski definition) is 3. The van der Waals surface area contributed by atoms with Gasteiger partial charge in [0.25, 0.3) is 0 Å². The molecule has 1 rings (SSSR count). The molecule has 4 heteroatoms. The number of carbonyl (C=O) groups is 2. The molecule has 0 bridgehead atoms. The third-order valence-electron chi connectivity index (χ3n) is 3.12. The van der Waals surface area contributed by atoms with Gasteiger partial charge in [0.1, 0.15) is 0 Å². The van der Waals surface area contributed by atoms with Gasteiger partial charge in [0.05, 0.1) is 0 Å². The van der Waals surface area contributed by atoms with Crippen LogP contribution in [0.1, 0.15) is 45.4 Å². The lowest BCUT2D eigenvalue weighted by Crippen LogP contribution is -2.22. The van der Waals surface area contributed by atoms with Gasteiger partial charge in [0.2, 0.25) is 5.76 Å². The van der Waals surface area contributed by atoms with Gasteiger partial charge >= 0.3 is 5.97 Å². The normalized spacial score (nSPS) is 19.1. The number of carbonyl (C=O) groups excluding carboxylic acids is 1. The number of ketones is 1. The van der Waals surface area contributed by atoms with E-state index in [2.05, 4.69) is 0 Å². The Morgan fingerprint density at radius 1 is 1.12 bits per heavy atom. The molecular formula is C12H18O4. The number of aliphatic carboxylic acids is 1. The van der Waals surface area contributed by atoms with E-state index in [1.807, 2.05) is 0 Å². The fraction of sp³-hybridized carbons (Fsp3) is 0.667. The van der Waals surface area contributed by atoms with Crippen LogP contribution < -0.4 is 0 Å². The lowest BCUT2D eigenvalue weighted by atomic mass is 9.83. The summed E-state index contributed by atoms with van der Waals surface area (Å²) in [4.78, 5) is 22.6. The van der Waals surface area contributed by atoms with Gasteiger partial charge in [-0.2, -0.15) is 0 Å². The van der Waals surface area contributed by atoms with E-state index in [0.717, 1.165) is 32.1 Å². The molecule has 0 aliphatic heterocycles. The first-order valence-electron chi connectivity index (χ1n) is 5.77. The van der Waals surface area contributed by atoms with Crippen LogP contribution in [0.3, 0.4) is 0 Å². The molecule has 0 spiro atoms. The molecule has 1 fully saturated rings. The van der Waals surface area contributed by atoms with E-state index in [9.17, 15) is 14.7 Å². The first kappa shape index (κ1) is 12.7. The van der Waals surface area contributed by atoms with Gasteiger partial charge in [-0.05, 0) is 19.3 Å². The van der Waals surface area contributed by atoms with Gasteiger partial charge in [-0.3, -0.25) is 4.79 Å². The number of hydrogen-bond donors (Lipinski definition) is 2. The zero-order chi connectivity index (χ0) is 12.1. The minimum atomic E-state index is -1.42. The highest BCUT2D eigenvalue weighted by Crippen LogP contribution is 2.28. The maximum atomic E-state index is 12.0. The molecule has 0 unspecified atom stereocenters. The van der Waals surface area contributed by atoms with Crippen LogP contribution in [0.15, 0.2) is 11.3 Å². The monoisotopic (exact) mass is 226 g/mol. The van der Waals surface area contributed by atoms with Gasteiger partial charge in [-0.25, -0.2) is 4.79 Å². The van der Waals surface area contributed by atoms with E-state index in [4.69, 9.17) is 5.11 Å². The third-order valence-corrected chi connectivity index (χ3v) is 3.12. The van der Waals surface area contributed by atoms with E-state index in [1.165, 1.54) is 0 Å². The molecule has 0 aromatic rings. The largest absolute Gasteiger partial charge is 0.502 e. The van der Waals surface area contributed by atoms with Crippen molar-refractivity contribution < 1.29 is 19.8 Å². The standard InChI is InChI=1S/C12H18O4/c1-2-9(11(14)12(15)16)10(13)8-6-4-3-5-7-8/h8,14H,2-7H2,1H3,(H,15,16)/b11-9+. The van der Waals surface area contributed by atoms with Crippen LogP contribution in [0.5, 0.6) is 0 Å². The molecule has 1 aliphatic carbocycles. The highest BCUT2D eigenvalue weighted by Gasteiger charge is 2.27. The van der Waals surface area contributed by atoms with Gasteiger partial charge < -0.3 is 10.2 Å². The van der Waals surface area contributed by atoms with E-state index in [-0.39, 0.29) is 23.7 Å². The number of carboxylic acid groups (broad SMARTS) is 1. The molecule has 1 saturated carbocycles. The van der Waals surface area contributed by atoms with Crippen LogP contribution in [-0.2, 0) is 9.59 Å². The first-order valence-corrected chi connectivity index (χ1v) is 5.77. The van der Waals surface area contributed by atoms with Gasteiger partial charge in [0.15, 0.2) is 5.78 Å². The Labute approximate surface area is 95.0 Å². The Balaban J connectivity index is 2.84. The average molecular weight is 226 g/mol. The summed E-state index contributed by atoms with van der Waals surface area (Å²) in [6.45, 7) is 1.69. The summed E-state index contributed by atoms with van der Waals surface area (Å²) in [7, 11) is 0. The lowest BCUT2D eigenvalue weighted by Gasteiger charge is -2.21. The van der Waals surface area contributed by atoms with Crippen molar-refractivity contribution >= 4 is 11.8 Å². The molecule has 0 aromatic carbocycles. The second kappa shape index (κ2) is 5.68. The molecule has 0 saturated heterocycles. The van der Waals surface area contributed by atoms with E-state index in [0.29, 0.717) is 0 Å². The second-order valence-electron chi connectivity index (χ2n) is 4.19. The molecule has 90 valence electrons. The fourth-order valence-corrected chi connectivity index (χ4v) is 2.20. The van der Waals surface area contributed by atoms with Crippen LogP contribution in [0.25, 0.3) is 0 Å². The van der Waals surface area contributed by atoms with E-state index < -0.39 is 11.7 Å². The van der Waals surface area contributed by atoms with E-state index in [1.54, 1.807) is 6.92 Å². The summed E-state index contributed by atoms with van der Waals surface area (Å²) in [6.07, 6.45) is 5.07. The Morgan fingerprint density at radius 2 is 1.69 bits per heavy atom. The molecule has 4 nitrogen and oxygen atoms in total. The lowest BCUT2D eigenvalue weighted by molar-refractivity contribution is -0.136. The van der Waals surface area contributed by atoms with Gasteiger partial charge in [0, 0.05) is 11.5 Å². The maximum Gasteiger partial charge on any atom is 0.371 e. The predicted octanol–water partition coefficient (Wildman–Crippen LogP) is 2.44. The number of carboxylic acids is 1. The SMILES string of the molecule is CC/C(C(=O)C1CCCCC1)=C(\O)C(=O)O. The Kier molecular flexibility index (Phi) is 4.52. The molecular weight excluding hydrogens is 208 g/mol. The third kappa shape index (κ3) is 2.84. The quantitative estimate of drug-likeness (QED) is 0.570. The van der Waals surface area contributed by atoms with Crippen LogP contribution in [0.2, 0.25) is 0 Å². The number of allylic oxidation sites excluding steroid dienone is 1. The van der Waals surface area contributed by atoms with E-state index >= 15 is 0 Å². The molecule has 16 heavy (non-hydrogen) atoms. The molecule has 0 atom stereocenters. The summed E-state index contributed by atoms with van der Waals surface area (Å²) < 4.78 is 0. The molecule has 0 radical (unpaired) electrons. The Morgan fingerprint density at radius 3 is 2.12 bits per heavy atom. The average Bonchev–Trinajstić information content (AvgIpc) is 2.30. The molecule has 0 aromatic heterocycles. The summed E-state index contributed by atoms with van der Waals surface area (Å²) in [5.41, 5.74) is 0.0689. The molecule has 0 amide bonds. The summed E-state index contributed by atoms with van der Waals surface area (Å²) >= 11 is 0. The Hall–Kier alpha value is -1.32. The van der Waals surface area contributed by atoms with Crippen LogP contribution in [0, 0.1) is 5.92 Å². The summed E-state index contributed by atoms with van der Waals surface area (Å²) in [6, 6.07) is 0. The number of aliphatic hydroxyl groups excluding tert-OH is 1. The zero-order valence-corrected chi connectivity index (χ0v) is 9.53. The van der Waals surface area contributed by atoms with Crippen molar-refractivity contribution in [1.29, 1.82) is 0 Å². The van der Waals surface area contributed by atoms with Crippen molar-refractivity contribution in [3.05, 3.63) is 11.3 Å². The number of rotatable bonds is 4. The van der Waals surface area contributed by atoms with Gasteiger partial charge in [-0.1, -0.05) is 26.2 Å². The van der Waals surface area contributed by atoms with Gasteiger partial charge in [-0.15, -0.1) is 0 Å². The topological polar surface area (TPSA) is 74.6 Å². The first-order chi connectivity index (χ1) is 7.57. The predicted molar refractivity (Wildman–Crippen MR) is 59.2 cm³/mol. The van der Waals surface area contributed by atoms with Crippen LogP contribution in [0.4, 0.5) is 0 Å². The van der Waals surface area contributed by atoms with Crippen molar-refractivity contribution in [3.8, 4) is 0 Å². The van der Waals surface area contributed by atoms with Crippen LogP contribution >= 0.6 is 0 Å². The summed E-state index contributed by atoms with van der Waals surface area (Å²) in [5, 5.41) is 18.0. The van der Waals surface area contributed by atoms with Crippen molar-refractivity contribution in [2.75, 3.05) is 0 Å². The second-order valence-corrected chi connectivity index (χ2v) is 4.19. The molecule has 0 heterocycles. The van der Waals surface area contributed by atoms with Crippen molar-refractivity contribution in [3.63, 3.8) is 0 Å². The number of aliphatic hydroxyl groups is 1. The highest BCUT2D eigenvalue weighted by molar-refractivity contribution is 6.03. The maximum absolute atomic E-state index is 12.0. The smallest absolute Gasteiger partial charge is 0.371 e. The van der Waals surface area contributed by atoms with Crippen LogP contribution in [-0.4, -0.2) is 22.0 Å². The Bertz CT molecular complexity index is 311. The van der Waals surface area contributed by atoms with Crippen molar-refractivity contribution in [2.45, 2.75) is 45.4 Å². The molecule has 2 N–H and O–H groups in total. The zero-order valence-electron chi connectivity index (χ0n) is 9.53. The highest BCUT2D eigenvalue weighted by atomic mass is 16.4. The molecule has 1 aliphatic rings. The minimum Gasteiger partial charge on any atom is -0.502 e. The fourth-order valence-electron chi connectivity index (χ4n) is 2.20. The van der Waals surface area contributed by atoms with Crippen molar-refractivity contribution in [1.82, 2.24) is 0 Å².